The maximum atomic E-state index is 12.5. The molecule has 138 valence electrons. The summed E-state index contributed by atoms with van der Waals surface area (Å²) in [5.74, 6) is 1.12. The number of hydrogen-bond donors (Lipinski definition) is 0. The monoisotopic (exact) mass is 379 g/mol. The van der Waals surface area contributed by atoms with Gasteiger partial charge in [-0.25, -0.2) is 0 Å². The van der Waals surface area contributed by atoms with Crippen molar-refractivity contribution >= 4 is 23.4 Å². The van der Waals surface area contributed by atoms with E-state index < -0.39 is 0 Å². The average molecular weight is 379 g/mol. The number of amides is 1. The van der Waals surface area contributed by atoms with E-state index >= 15 is 0 Å². The van der Waals surface area contributed by atoms with Gasteiger partial charge in [0.1, 0.15) is 0 Å². The molecule has 0 spiro atoms. The van der Waals surface area contributed by atoms with Gasteiger partial charge in [0.2, 0.25) is 17.6 Å². The van der Waals surface area contributed by atoms with E-state index in [0.717, 1.165) is 16.8 Å². The topological polar surface area (TPSA) is 59.2 Å². The molecular formula is C21H21N3O2S. The lowest BCUT2D eigenvalue weighted by Crippen LogP contribution is -2.24. The van der Waals surface area contributed by atoms with Gasteiger partial charge in [0.05, 0.1) is 5.92 Å². The largest absolute Gasteiger partial charge is 0.339 e. The van der Waals surface area contributed by atoms with E-state index in [0.29, 0.717) is 24.7 Å². The Hall–Kier alpha value is -2.60. The van der Waals surface area contributed by atoms with Crippen molar-refractivity contribution in [2.45, 2.75) is 31.1 Å². The van der Waals surface area contributed by atoms with E-state index in [1.165, 1.54) is 10.5 Å². The average Bonchev–Trinajstić information content (AvgIpc) is 3.29. The summed E-state index contributed by atoms with van der Waals surface area (Å²) in [6.07, 6.45) is 2.42. The van der Waals surface area contributed by atoms with Crippen LogP contribution in [-0.2, 0) is 4.79 Å². The van der Waals surface area contributed by atoms with Crippen LogP contribution in [0.2, 0.25) is 0 Å². The summed E-state index contributed by atoms with van der Waals surface area (Å²) >= 11 is 1.68. The second kappa shape index (κ2) is 7.19. The first-order valence-electron chi connectivity index (χ1n) is 8.91. The number of aromatic nitrogens is 2. The normalized spacial score (nSPS) is 16.9. The Bertz CT molecular complexity index is 981. The highest BCUT2D eigenvalue weighted by Crippen LogP contribution is 2.33. The Labute approximate surface area is 162 Å². The summed E-state index contributed by atoms with van der Waals surface area (Å²) in [4.78, 5) is 20.1. The predicted molar refractivity (Wildman–Crippen MR) is 107 cm³/mol. The van der Waals surface area contributed by atoms with Crippen molar-refractivity contribution in [3.63, 3.8) is 0 Å². The zero-order valence-corrected chi connectivity index (χ0v) is 16.4. The Kier molecular flexibility index (Phi) is 4.74. The van der Waals surface area contributed by atoms with E-state index in [2.05, 4.69) is 23.1 Å². The van der Waals surface area contributed by atoms with Gasteiger partial charge in [-0.15, -0.1) is 11.8 Å². The molecule has 0 N–H and O–H groups in total. The van der Waals surface area contributed by atoms with Crippen LogP contribution in [0.5, 0.6) is 0 Å². The van der Waals surface area contributed by atoms with Crippen molar-refractivity contribution in [2.75, 3.05) is 17.7 Å². The number of thioether (sulfide) groups is 1. The van der Waals surface area contributed by atoms with Crippen LogP contribution < -0.4 is 4.90 Å². The van der Waals surface area contributed by atoms with Crippen LogP contribution in [0, 0.1) is 13.8 Å². The molecular weight excluding hydrogens is 358 g/mol. The van der Waals surface area contributed by atoms with E-state index in [-0.39, 0.29) is 11.8 Å². The molecule has 2 aromatic carbocycles. The molecule has 1 aliphatic rings. The number of carbonyl (C=O) groups excluding carboxylic acids is 1. The standard InChI is InChI=1S/C21H21N3O2S/c1-13-4-9-18(14(2)10-13)20-22-21(26-23-20)15-11-19(25)24(12-15)16-5-7-17(27-3)8-6-16/h4-10,15H,11-12H2,1-3H3. The molecule has 0 radical (unpaired) electrons. The molecule has 0 aliphatic carbocycles. The number of anilines is 1. The van der Waals surface area contributed by atoms with Crippen molar-refractivity contribution < 1.29 is 9.32 Å². The van der Waals surface area contributed by atoms with Crippen LogP contribution in [0.15, 0.2) is 51.9 Å². The summed E-state index contributed by atoms with van der Waals surface area (Å²) in [6, 6.07) is 14.2. The fourth-order valence-corrected chi connectivity index (χ4v) is 3.87. The summed E-state index contributed by atoms with van der Waals surface area (Å²) in [6.45, 7) is 4.66. The molecule has 1 aromatic heterocycles. The summed E-state index contributed by atoms with van der Waals surface area (Å²) in [5.41, 5.74) is 4.18. The SMILES string of the molecule is CSc1ccc(N2CC(c3nc(-c4ccc(C)cc4C)no3)CC2=O)cc1. The number of carbonyl (C=O) groups is 1. The van der Waals surface area contributed by atoms with Crippen molar-refractivity contribution in [3.05, 3.63) is 59.5 Å². The van der Waals surface area contributed by atoms with E-state index in [4.69, 9.17) is 4.52 Å². The van der Waals surface area contributed by atoms with E-state index in [9.17, 15) is 4.79 Å². The highest BCUT2D eigenvalue weighted by Gasteiger charge is 2.35. The van der Waals surface area contributed by atoms with Gasteiger partial charge >= 0.3 is 0 Å². The number of hydrogen-bond acceptors (Lipinski definition) is 5. The number of rotatable bonds is 4. The summed E-state index contributed by atoms with van der Waals surface area (Å²) in [7, 11) is 0. The van der Waals surface area contributed by atoms with Gasteiger partial charge in [0.25, 0.3) is 0 Å². The summed E-state index contributed by atoms with van der Waals surface area (Å²) < 4.78 is 5.51. The number of benzene rings is 2. The zero-order chi connectivity index (χ0) is 19.0. The first-order valence-corrected chi connectivity index (χ1v) is 10.1. The number of aryl methyl sites for hydroxylation is 2. The van der Waals surface area contributed by atoms with Crippen LogP contribution >= 0.6 is 11.8 Å². The second-order valence-electron chi connectivity index (χ2n) is 6.88. The van der Waals surface area contributed by atoms with Crippen molar-refractivity contribution in [3.8, 4) is 11.4 Å². The third kappa shape index (κ3) is 3.49. The molecule has 6 heteroatoms. The molecule has 1 atom stereocenters. The Balaban J connectivity index is 1.54. The molecule has 1 amide bonds. The molecule has 0 bridgehead atoms. The summed E-state index contributed by atoms with van der Waals surface area (Å²) in [5, 5.41) is 4.15. The van der Waals surface area contributed by atoms with Gasteiger partial charge in [-0.2, -0.15) is 4.98 Å². The van der Waals surface area contributed by atoms with Crippen molar-refractivity contribution in [1.82, 2.24) is 10.1 Å². The maximum absolute atomic E-state index is 12.5. The van der Waals surface area contributed by atoms with E-state index in [1.54, 1.807) is 16.7 Å². The predicted octanol–water partition coefficient (Wildman–Crippen LogP) is 4.60. The van der Waals surface area contributed by atoms with Gasteiger partial charge in [-0.3, -0.25) is 4.79 Å². The first-order chi connectivity index (χ1) is 13.0. The third-order valence-electron chi connectivity index (χ3n) is 4.92. The molecule has 3 aromatic rings. The van der Waals surface area contributed by atoms with E-state index in [1.807, 2.05) is 49.6 Å². The van der Waals surface area contributed by atoms with Gasteiger partial charge in [0.15, 0.2) is 0 Å². The molecule has 1 aliphatic heterocycles. The molecule has 2 heterocycles. The lowest BCUT2D eigenvalue weighted by Gasteiger charge is -2.16. The minimum Gasteiger partial charge on any atom is -0.339 e. The molecule has 1 fully saturated rings. The van der Waals surface area contributed by atoms with Gasteiger partial charge < -0.3 is 9.42 Å². The van der Waals surface area contributed by atoms with Crippen LogP contribution in [0.3, 0.4) is 0 Å². The molecule has 4 rings (SSSR count). The fraction of sp³-hybridized carbons (Fsp3) is 0.286. The minimum atomic E-state index is -0.0790. The molecule has 1 unspecified atom stereocenters. The minimum absolute atomic E-state index is 0.0790. The zero-order valence-electron chi connectivity index (χ0n) is 15.6. The van der Waals surface area contributed by atoms with Gasteiger partial charge in [0, 0.05) is 29.1 Å². The quantitative estimate of drug-likeness (QED) is 0.620. The first kappa shape index (κ1) is 17.8. The van der Waals surface area contributed by atoms with Gasteiger partial charge in [-0.05, 0) is 49.9 Å². The van der Waals surface area contributed by atoms with Crippen LogP contribution in [0.4, 0.5) is 5.69 Å². The smallest absolute Gasteiger partial charge is 0.232 e. The lowest BCUT2D eigenvalue weighted by atomic mass is 10.1. The molecule has 0 saturated carbocycles. The third-order valence-corrected chi connectivity index (χ3v) is 5.67. The Morgan fingerprint density at radius 3 is 2.63 bits per heavy atom. The molecule has 27 heavy (non-hydrogen) atoms. The lowest BCUT2D eigenvalue weighted by molar-refractivity contribution is -0.117. The maximum Gasteiger partial charge on any atom is 0.232 e. The fourth-order valence-electron chi connectivity index (χ4n) is 3.46. The van der Waals surface area contributed by atoms with Crippen LogP contribution in [-0.4, -0.2) is 28.8 Å². The number of nitrogens with zero attached hydrogens (tertiary/aromatic N) is 3. The molecule has 5 nitrogen and oxygen atoms in total. The van der Waals surface area contributed by atoms with Crippen molar-refractivity contribution in [1.29, 1.82) is 0 Å². The highest BCUT2D eigenvalue weighted by molar-refractivity contribution is 7.98. The van der Waals surface area contributed by atoms with Crippen LogP contribution in [0.25, 0.3) is 11.4 Å². The highest BCUT2D eigenvalue weighted by atomic mass is 32.2. The van der Waals surface area contributed by atoms with Crippen molar-refractivity contribution in [2.24, 2.45) is 0 Å². The Morgan fingerprint density at radius 1 is 1.15 bits per heavy atom. The second-order valence-corrected chi connectivity index (χ2v) is 7.76. The van der Waals surface area contributed by atoms with Crippen LogP contribution in [0.1, 0.15) is 29.4 Å². The molecule has 1 saturated heterocycles. The van der Waals surface area contributed by atoms with Gasteiger partial charge in [-0.1, -0.05) is 28.9 Å². The Morgan fingerprint density at radius 2 is 1.93 bits per heavy atom.